The zero-order valence-corrected chi connectivity index (χ0v) is 40.6. The van der Waals surface area contributed by atoms with Crippen molar-refractivity contribution in [2.24, 2.45) is 0 Å². The summed E-state index contributed by atoms with van der Waals surface area (Å²) in [4.78, 5) is 16.5. The molecule has 4 aromatic heterocycles. The molecule has 0 aliphatic heterocycles. The van der Waals surface area contributed by atoms with Crippen molar-refractivity contribution in [1.82, 2.24) is 28.7 Å². The number of aromatic nitrogens is 6. The fraction of sp³-hybridized carbons (Fsp3) is 0. The molecule has 0 amide bonds. The fourth-order valence-electron chi connectivity index (χ4n) is 11.5. The highest BCUT2D eigenvalue weighted by Crippen LogP contribution is 2.42. The highest BCUT2D eigenvalue weighted by molar-refractivity contribution is 6.12. The Morgan fingerprint density at radius 1 is 0.213 bits per heavy atom. The second kappa shape index (κ2) is 17.3. The second-order valence-electron chi connectivity index (χ2n) is 19.2. The van der Waals surface area contributed by atoms with E-state index in [-0.39, 0.29) is 0 Å². The molecule has 6 heteroatoms. The van der Waals surface area contributed by atoms with Crippen LogP contribution in [0.2, 0.25) is 0 Å². The number of fused-ring (bicyclic) bond motifs is 9. The van der Waals surface area contributed by atoms with Crippen molar-refractivity contribution in [1.29, 1.82) is 0 Å². The van der Waals surface area contributed by atoms with Crippen molar-refractivity contribution >= 4 is 65.4 Å². The first-order chi connectivity index (χ1) is 37.2. The Balaban J connectivity index is 0.996. The van der Waals surface area contributed by atoms with Crippen LogP contribution in [-0.2, 0) is 0 Å². The lowest BCUT2D eigenvalue weighted by atomic mass is 9.96. The zero-order valence-electron chi connectivity index (χ0n) is 40.6. The summed E-state index contributed by atoms with van der Waals surface area (Å²) in [6, 6.07) is 95.3. The van der Waals surface area contributed by atoms with Gasteiger partial charge in [-0.1, -0.05) is 188 Å². The molecule has 0 fully saturated rings. The minimum absolute atomic E-state index is 0.541. The summed E-state index contributed by atoms with van der Waals surface area (Å²) in [5.41, 5.74) is 17.1. The molecule has 15 rings (SSSR count). The third kappa shape index (κ3) is 6.92. The van der Waals surface area contributed by atoms with Crippen molar-refractivity contribution in [3.05, 3.63) is 267 Å². The molecule has 75 heavy (non-hydrogen) atoms. The van der Waals surface area contributed by atoms with Crippen molar-refractivity contribution < 1.29 is 0 Å². The molecule has 0 aliphatic carbocycles. The summed E-state index contributed by atoms with van der Waals surface area (Å²) in [5, 5.41) is 7.11. The van der Waals surface area contributed by atoms with Crippen molar-refractivity contribution in [2.45, 2.75) is 0 Å². The maximum atomic E-state index is 5.51. The molecule has 0 bridgehead atoms. The van der Waals surface area contributed by atoms with Crippen LogP contribution in [0.15, 0.2) is 267 Å². The summed E-state index contributed by atoms with van der Waals surface area (Å²) in [7, 11) is 0. The summed E-state index contributed by atoms with van der Waals surface area (Å²) in [5.74, 6) is 1.68. The van der Waals surface area contributed by atoms with Crippen LogP contribution in [0.25, 0.3) is 139 Å². The quantitative estimate of drug-likeness (QED) is 0.152. The van der Waals surface area contributed by atoms with Gasteiger partial charge in [-0.15, -0.1) is 0 Å². The van der Waals surface area contributed by atoms with Gasteiger partial charge in [-0.2, -0.15) is 9.97 Å². The van der Waals surface area contributed by atoms with E-state index in [1.54, 1.807) is 0 Å². The number of nitrogens with zero attached hydrogens (tertiary/aromatic N) is 6. The van der Waals surface area contributed by atoms with E-state index >= 15 is 0 Å². The fourth-order valence-corrected chi connectivity index (χ4v) is 11.5. The van der Waals surface area contributed by atoms with Crippen LogP contribution in [0.1, 0.15) is 0 Å². The van der Waals surface area contributed by atoms with Crippen LogP contribution in [0.4, 0.5) is 0 Å². The molecule has 0 unspecified atom stereocenters. The van der Waals surface area contributed by atoms with Gasteiger partial charge in [-0.05, 0) is 101 Å². The third-order valence-electron chi connectivity index (χ3n) is 14.9. The number of hydrogen-bond donors (Lipinski definition) is 0. The molecule has 0 aliphatic rings. The summed E-state index contributed by atoms with van der Waals surface area (Å²) >= 11 is 0. The minimum atomic E-state index is 0.541. The molecule has 15 aromatic rings. The number of rotatable bonds is 8. The van der Waals surface area contributed by atoms with E-state index in [0.29, 0.717) is 17.6 Å². The molecular formula is C69H44N6. The van der Waals surface area contributed by atoms with Gasteiger partial charge in [-0.3, -0.25) is 4.57 Å². The molecule has 0 radical (unpaired) electrons. The van der Waals surface area contributed by atoms with E-state index in [0.717, 1.165) is 99.8 Å². The molecule has 0 saturated heterocycles. The van der Waals surface area contributed by atoms with Gasteiger partial charge < -0.3 is 9.13 Å². The average molecular weight is 957 g/mol. The Kier molecular flexibility index (Phi) is 9.78. The topological polar surface area (TPSA) is 53.5 Å². The van der Waals surface area contributed by atoms with Gasteiger partial charge in [0, 0.05) is 54.6 Å². The van der Waals surface area contributed by atoms with E-state index in [1.165, 1.54) is 21.5 Å². The van der Waals surface area contributed by atoms with Crippen LogP contribution in [0.3, 0.4) is 0 Å². The Hall–Kier alpha value is -10.2. The molecule has 0 saturated carbocycles. The van der Waals surface area contributed by atoms with Crippen LogP contribution in [-0.4, -0.2) is 28.7 Å². The van der Waals surface area contributed by atoms with Gasteiger partial charge in [-0.25, -0.2) is 4.98 Å². The molecular weight excluding hydrogens is 913 g/mol. The summed E-state index contributed by atoms with van der Waals surface area (Å²) in [6.07, 6.45) is 0. The first-order valence-corrected chi connectivity index (χ1v) is 25.4. The molecule has 4 heterocycles. The van der Waals surface area contributed by atoms with E-state index in [2.05, 4.69) is 281 Å². The lowest BCUT2D eigenvalue weighted by molar-refractivity contribution is 0.953. The number of para-hydroxylation sites is 6. The van der Waals surface area contributed by atoms with Crippen LogP contribution >= 0.6 is 0 Å². The van der Waals surface area contributed by atoms with Gasteiger partial charge in [0.15, 0.2) is 11.6 Å². The van der Waals surface area contributed by atoms with E-state index in [9.17, 15) is 0 Å². The average Bonchev–Trinajstić information content (AvgIpc) is 4.13. The zero-order chi connectivity index (χ0) is 49.4. The lowest BCUT2D eigenvalue weighted by Gasteiger charge is -2.18. The number of benzene rings is 11. The maximum Gasteiger partial charge on any atom is 0.238 e. The van der Waals surface area contributed by atoms with Crippen LogP contribution in [0.5, 0.6) is 0 Å². The Labute approximate surface area is 432 Å². The van der Waals surface area contributed by atoms with Crippen molar-refractivity contribution in [3.8, 4) is 73.5 Å². The molecule has 350 valence electrons. The largest absolute Gasteiger partial charge is 0.309 e. The standard InChI is InChI=1S/C69H44N6/c1-3-20-45(21-4-1)47-24-19-25-48(42-47)58-44-50(39-41-66(58)74-61-34-15-9-28-53(61)54-29-10-16-35-62(54)74)68-70-67(71-69(72-68)75-63-36-17-11-30-55(63)56-31-12-18-37-64(56)75)49-38-40-65(57(43-49)46-22-5-2-6-23-46)73-59-32-13-7-26-51(59)52-27-8-14-33-60(52)73/h1-44H. The van der Waals surface area contributed by atoms with Gasteiger partial charge >= 0.3 is 0 Å². The SMILES string of the molecule is c1ccc(-c2cccc(-c3cc(-c4nc(-c5ccc(-n6c7ccccc7c7ccccc76)c(-c6ccccc6)c5)nc(-n5c6ccccc6c6ccccc65)n4)ccc3-n3c4ccccc4c4ccccc43)c2)cc1. The van der Waals surface area contributed by atoms with Crippen LogP contribution < -0.4 is 0 Å². The van der Waals surface area contributed by atoms with E-state index in [4.69, 9.17) is 15.0 Å². The second-order valence-corrected chi connectivity index (χ2v) is 19.2. The predicted molar refractivity (Wildman–Crippen MR) is 310 cm³/mol. The molecule has 11 aromatic carbocycles. The molecule has 0 spiro atoms. The van der Waals surface area contributed by atoms with Crippen LogP contribution in [0, 0.1) is 0 Å². The van der Waals surface area contributed by atoms with Crippen molar-refractivity contribution in [2.75, 3.05) is 0 Å². The maximum absolute atomic E-state index is 5.51. The Morgan fingerprint density at radius 2 is 0.547 bits per heavy atom. The van der Waals surface area contributed by atoms with E-state index < -0.39 is 0 Å². The molecule has 6 nitrogen and oxygen atoms in total. The van der Waals surface area contributed by atoms with Gasteiger partial charge in [0.25, 0.3) is 0 Å². The summed E-state index contributed by atoms with van der Waals surface area (Å²) < 4.78 is 7.00. The van der Waals surface area contributed by atoms with Gasteiger partial charge in [0.1, 0.15) is 0 Å². The Bertz CT molecular complexity index is 4560. The normalized spacial score (nSPS) is 11.7. The monoisotopic (exact) mass is 956 g/mol. The van der Waals surface area contributed by atoms with E-state index in [1.807, 2.05) is 0 Å². The molecule has 0 N–H and O–H groups in total. The first-order valence-electron chi connectivity index (χ1n) is 25.4. The van der Waals surface area contributed by atoms with Crippen molar-refractivity contribution in [3.63, 3.8) is 0 Å². The summed E-state index contributed by atoms with van der Waals surface area (Å²) in [6.45, 7) is 0. The smallest absolute Gasteiger partial charge is 0.238 e. The van der Waals surface area contributed by atoms with Gasteiger partial charge in [0.05, 0.1) is 44.5 Å². The Morgan fingerprint density at radius 3 is 0.973 bits per heavy atom. The number of hydrogen-bond acceptors (Lipinski definition) is 3. The van der Waals surface area contributed by atoms with Gasteiger partial charge in [0.2, 0.25) is 5.95 Å². The first kappa shape index (κ1) is 42.5. The molecule has 0 atom stereocenters. The lowest BCUT2D eigenvalue weighted by Crippen LogP contribution is -2.07. The predicted octanol–water partition coefficient (Wildman–Crippen LogP) is 17.5. The highest BCUT2D eigenvalue weighted by Gasteiger charge is 2.23. The third-order valence-corrected chi connectivity index (χ3v) is 14.9. The minimum Gasteiger partial charge on any atom is -0.309 e. The highest BCUT2D eigenvalue weighted by atomic mass is 15.2.